The molecule has 1 aromatic carbocycles. The van der Waals surface area contributed by atoms with Crippen LogP contribution in [0.25, 0.3) is 10.9 Å². The Labute approximate surface area is 114 Å². The summed E-state index contributed by atoms with van der Waals surface area (Å²) < 4.78 is 5.44. The maximum Gasteiger partial charge on any atom is 0.0705 e. The normalized spacial score (nSPS) is 13.7. The van der Waals surface area contributed by atoms with Gasteiger partial charge in [-0.1, -0.05) is 18.2 Å². The van der Waals surface area contributed by atoms with Crippen LogP contribution in [0.1, 0.15) is 38.3 Å². The van der Waals surface area contributed by atoms with Gasteiger partial charge in [-0.3, -0.25) is 4.98 Å². The number of pyridine rings is 1. The van der Waals surface area contributed by atoms with E-state index in [0.29, 0.717) is 0 Å². The zero-order valence-electron chi connectivity index (χ0n) is 11.9. The quantitative estimate of drug-likeness (QED) is 0.893. The number of hydrogen-bond acceptors (Lipinski definition) is 3. The number of hydrogen-bond donors (Lipinski definition) is 1. The van der Waals surface area contributed by atoms with Crippen molar-refractivity contribution < 1.29 is 4.74 Å². The van der Waals surface area contributed by atoms with Gasteiger partial charge >= 0.3 is 0 Å². The summed E-state index contributed by atoms with van der Waals surface area (Å²) in [5.74, 6) is 0. The van der Waals surface area contributed by atoms with Crippen molar-refractivity contribution in [1.29, 1.82) is 0 Å². The van der Waals surface area contributed by atoms with Crippen LogP contribution < -0.4 is 5.73 Å². The predicted molar refractivity (Wildman–Crippen MR) is 79.0 cm³/mol. The van der Waals surface area contributed by atoms with E-state index in [2.05, 4.69) is 31.0 Å². The van der Waals surface area contributed by atoms with Gasteiger partial charge in [0, 0.05) is 24.7 Å². The van der Waals surface area contributed by atoms with Gasteiger partial charge in [0.25, 0.3) is 0 Å². The standard InChI is InChI=1S/C16H22N2O/c1-16(2,19-3)10-9-14(17)12-6-4-8-15-13(12)7-5-11-18-15/h4-8,11,14H,9-10,17H2,1-3H3. The van der Waals surface area contributed by atoms with Gasteiger partial charge in [0.1, 0.15) is 0 Å². The van der Waals surface area contributed by atoms with Crippen molar-refractivity contribution >= 4 is 10.9 Å². The topological polar surface area (TPSA) is 48.1 Å². The number of methoxy groups -OCH3 is 1. The predicted octanol–water partition coefficient (Wildman–Crippen LogP) is 3.44. The van der Waals surface area contributed by atoms with Gasteiger partial charge in [-0.15, -0.1) is 0 Å². The highest BCUT2D eigenvalue weighted by molar-refractivity contribution is 5.82. The number of nitrogens with zero attached hydrogens (tertiary/aromatic N) is 1. The Bertz CT molecular complexity index is 546. The molecule has 0 fully saturated rings. The van der Waals surface area contributed by atoms with Crippen LogP contribution in [0.3, 0.4) is 0 Å². The Morgan fingerprint density at radius 3 is 2.79 bits per heavy atom. The fourth-order valence-corrected chi connectivity index (χ4v) is 2.21. The first-order valence-corrected chi connectivity index (χ1v) is 6.68. The van der Waals surface area contributed by atoms with Gasteiger partial charge in [-0.05, 0) is 44.4 Å². The molecule has 0 saturated heterocycles. The molecule has 1 aromatic heterocycles. The van der Waals surface area contributed by atoms with Crippen molar-refractivity contribution in [1.82, 2.24) is 4.98 Å². The average Bonchev–Trinajstić information content (AvgIpc) is 2.44. The van der Waals surface area contributed by atoms with E-state index in [1.165, 1.54) is 0 Å². The molecule has 0 radical (unpaired) electrons. The molecule has 3 nitrogen and oxygen atoms in total. The summed E-state index contributed by atoms with van der Waals surface area (Å²) in [5, 5.41) is 1.15. The lowest BCUT2D eigenvalue weighted by molar-refractivity contribution is 0.0125. The molecular formula is C16H22N2O. The van der Waals surface area contributed by atoms with Crippen LogP contribution in [0.5, 0.6) is 0 Å². The van der Waals surface area contributed by atoms with Crippen molar-refractivity contribution in [3.05, 3.63) is 42.1 Å². The van der Waals surface area contributed by atoms with Crippen molar-refractivity contribution in [2.45, 2.75) is 38.3 Å². The van der Waals surface area contributed by atoms with E-state index in [1.807, 2.05) is 24.4 Å². The Morgan fingerprint density at radius 1 is 1.26 bits per heavy atom. The van der Waals surface area contributed by atoms with Crippen molar-refractivity contribution in [3.63, 3.8) is 0 Å². The molecule has 0 aliphatic rings. The zero-order chi connectivity index (χ0) is 13.9. The Kier molecular flexibility index (Phi) is 4.17. The molecule has 3 heteroatoms. The number of benzene rings is 1. The second-order valence-electron chi connectivity index (χ2n) is 5.53. The minimum absolute atomic E-state index is 0.0160. The molecule has 0 aliphatic carbocycles. The number of fused-ring (bicyclic) bond motifs is 1. The molecule has 1 heterocycles. The molecule has 0 spiro atoms. The third-order valence-corrected chi connectivity index (χ3v) is 3.69. The van der Waals surface area contributed by atoms with Crippen LogP contribution in [0.15, 0.2) is 36.5 Å². The maximum absolute atomic E-state index is 6.34. The first-order chi connectivity index (χ1) is 9.03. The smallest absolute Gasteiger partial charge is 0.0705 e. The lowest BCUT2D eigenvalue weighted by atomic mass is 9.93. The molecule has 1 atom stereocenters. The van der Waals surface area contributed by atoms with E-state index < -0.39 is 0 Å². The van der Waals surface area contributed by atoms with Crippen LogP contribution in [-0.4, -0.2) is 17.7 Å². The lowest BCUT2D eigenvalue weighted by Gasteiger charge is -2.25. The molecule has 2 rings (SSSR count). The minimum atomic E-state index is -0.125. The molecule has 1 unspecified atom stereocenters. The molecule has 0 amide bonds. The molecule has 2 N–H and O–H groups in total. The van der Waals surface area contributed by atoms with Crippen LogP contribution in [0.4, 0.5) is 0 Å². The third kappa shape index (κ3) is 3.31. The first-order valence-electron chi connectivity index (χ1n) is 6.68. The summed E-state index contributed by atoms with van der Waals surface area (Å²) in [7, 11) is 1.74. The van der Waals surface area contributed by atoms with Crippen LogP contribution in [0, 0.1) is 0 Å². The van der Waals surface area contributed by atoms with Crippen molar-refractivity contribution in [2.75, 3.05) is 7.11 Å². The minimum Gasteiger partial charge on any atom is -0.379 e. The molecular weight excluding hydrogens is 236 g/mol. The lowest BCUT2D eigenvalue weighted by Crippen LogP contribution is -2.24. The zero-order valence-corrected chi connectivity index (χ0v) is 11.9. The highest BCUT2D eigenvalue weighted by Crippen LogP contribution is 2.27. The number of nitrogens with two attached hydrogens (primary N) is 1. The fourth-order valence-electron chi connectivity index (χ4n) is 2.21. The Morgan fingerprint density at radius 2 is 2.05 bits per heavy atom. The molecule has 2 aromatic rings. The summed E-state index contributed by atoms with van der Waals surface area (Å²) in [4.78, 5) is 4.37. The SMILES string of the molecule is COC(C)(C)CCC(N)c1cccc2ncccc12. The van der Waals surface area contributed by atoms with E-state index in [1.54, 1.807) is 7.11 Å². The Hall–Kier alpha value is -1.45. The number of rotatable bonds is 5. The second-order valence-corrected chi connectivity index (χ2v) is 5.53. The van der Waals surface area contributed by atoms with Gasteiger partial charge in [0.05, 0.1) is 11.1 Å². The molecule has 0 bridgehead atoms. The highest BCUT2D eigenvalue weighted by Gasteiger charge is 2.19. The monoisotopic (exact) mass is 258 g/mol. The summed E-state index contributed by atoms with van der Waals surface area (Å²) in [6.45, 7) is 4.18. The fraction of sp³-hybridized carbons (Fsp3) is 0.438. The van der Waals surface area contributed by atoms with Crippen LogP contribution in [0.2, 0.25) is 0 Å². The van der Waals surface area contributed by atoms with Crippen LogP contribution >= 0.6 is 0 Å². The van der Waals surface area contributed by atoms with E-state index in [0.717, 1.165) is 29.3 Å². The molecule has 102 valence electrons. The van der Waals surface area contributed by atoms with Crippen molar-refractivity contribution in [2.24, 2.45) is 5.73 Å². The van der Waals surface area contributed by atoms with Gasteiger partial charge in [0.15, 0.2) is 0 Å². The van der Waals surface area contributed by atoms with Gasteiger partial charge in [-0.25, -0.2) is 0 Å². The number of ether oxygens (including phenoxy) is 1. The van der Waals surface area contributed by atoms with Gasteiger partial charge in [-0.2, -0.15) is 0 Å². The van der Waals surface area contributed by atoms with E-state index in [-0.39, 0.29) is 11.6 Å². The van der Waals surface area contributed by atoms with Crippen LogP contribution in [-0.2, 0) is 4.74 Å². The summed E-state index contributed by atoms with van der Waals surface area (Å²) in [5.41, 5.74) is 8.38. The van der Waals surface area contributed by atoms with Gasteiger partial charge in [0.2, 0.25) is 0 Å². The Balaban J connectivity index is 2.20. The van der Waals surface area contributed by atoms with Crippen molar-refractivity contribution in [3.8, 4) is 0 Å². The average molecular weight is 258 g/mol. The molecule has 0 saturated carbocycles. The van der Waals surface area contributed by atoms with E-state index >= 15 is 0 Å². The highest BCUT2D eigenvalue weighted by atomic mass is 16.5. The maximum atomic E-state index is 6.34. The second kappa shape index (κ2) is 5.68. The summed E-state index contributed by atoms with van der Waals surface area (Å²) in [6.07, 6.45) is 3.64. The largest absolute Gasteiger partial charge is 0.379 e. The summed E-state index contributed by atoms with van der Waals surface area (Å²) >= 11 is 0. The molecule has 19 heavy (non-hydrogen) atoms. The van der Waals surface area contributed by atoms with E-state index in [4.69, 9.17) is 10.5 Å². The number of aromatic nitrogens is 1. The summed E-state index contributed by atoms with van der Waals surface area (Å²) in [6, 6.07) is 10.2. The first kappa shape index (κ1) is 14.0. The van der Waals surface area contributed by atoms with Gasteiger partial charge < -0.3 is 10.5 Å². The van der Waals surface area contributed by atoms with E-state index in [9.17, 15) is 0 Å². The molecule has 0 aliphatic heterocycles. The third-order valence-electron chi connectivity index (χ3n) is 3.69.